The van der Waals surface area contributed by atoms with Gasteiger partial charge < -0.3 is 20.5 Å². The lowest BCUT2D eigenvalue weighted by Gasteiger charge is -2.08. The van der Waals surface area contributed by atoms with E-state index in [2.05, 4.69) is 15.7 Å². The highest BCUT2D eigenvalue weighted by Crippen LogP contribution is 2.17. The summed E-state index contributed by atoms with van der Waals surface area (Å²) in [6, 6.07) is 6.02. The Kier molecular flexibility index (Phi) is 4.39. The first-order valence-corrected chi connectivity index (χ1v) is 6.04. The summed E-state index contributed by atoms with van der Waals surface area (Å²) < 4.78 is 6.59. The van der Waals surface area contributed by atoms with E-state index in [1.165, 1.54) is 12.3 Å². The van der Waals surface area contributed by atoms with Crippen molar-refractivity contribution in [1.29, 1.82) is 0 Å². The van der Waals surface area contributed by atoms with Crippen LogP contribution >= 0.6 is 0 Å². The minimum Gasteiger partial charge on any atom is -0.482 e. The summed E-state index contributed by atoms with van der Waals surface area (Å²) in [6.07, 6.45) is 3.18. The molecular formula is C13H14N4O4. The predicted octanol–water partition coefficient (Wildman–Crippen LogP) is 1.53. The van der Waals surface area contributed by atoms with Gasteiger partial charge in [-0.2, -0.15) is 5.10 Å². The molecule has 0 fully saturated rings. The molecule has 21 heavy (non-hydrogen) atoms. The zero-order valence-electron chi connectivity index (χ0n) is 11.2. The van der Waals surface area contributed by atoms with E-state index in [0.717, 1.165) is 0 Å². The van der Waals surface area contributed by atoms with Crippen molar-refractivity contribution in [3.63, 3.8) is 0 Å². The molecule has 1 aromatic heterocycles. The van der Waals surface area contributed by atoms with Gasteiger partial charge in [-0.25, -0.2) is 9.59 Å². The van der Waals surface area contributed by atoms with Crippen molar-refractivity contribution in [3.8, 4) is 5.75 Å². The van der Waals surface area contributed by atoms with Crippen molar-refractivity contribution >= 4 is 23.4 Å². The van der Waals surface area contributed by atoms with E-state index in [1.807, 2.05) is 0 Å². The van der Waals surface area contributed by atoms with Gasteiger partial charge >= 0.3 is 12.0 Å². The first-order valence-electron chi connectivity index (χ1n) is 6.04. The average molecular weight is 290 g/mol. The van der Waals surface area contributed by atoms with Crippen molar-refractivity contribution < 1.29 is 19.4 Å². The highest BCUT2D eigenvalue weighted by atomic mass is 16.5. The molecule has 1 heterocycles. The maximum Gasteiger partial charge on any atom is 0.341 e. The van der Waals surface area contributed by atoms with Gasteiger partial charge in [-0.15, -0.1) is 0 Å². The average Bonchev–Trinajstić information content (AvgIpc) is 2.82. The Bertz CT molecular complexity index is 653. The molecule has 0 unspecified atom stereocenters. The van der Waals surface area contributed by atoms with Crippen LogP contribution in [0.15, 0.2) is 36.7 Å². The highest BCUT2D eigenvalue weighted by molar-refractivity contribution is 5.99. The standard InChI is InChI=1S/C13H14N4O4/c1-17-7-10(6-14-17)16-13(20)15-9-3-2-4-11(5-9)21-8-12(18)19/h2-7H,8H2,1H3,(H,18,19)(H2,15,16,20). The van der Waals surface area contributed by atoms with Crippen LogP contribution in [0.3, 0.4) is 0 Å². The van der Waals surface area contributed by atoms with Crippen molar-refractivity contribution in [3.05, 3.63) is 36.7 Å². The number of benzene rings is 1. The van der Waals surface area contributed by atoms with Gasteiger partial charge in [0, 0.05) is 25.0 Å². The maximum atomic E-state index is 11.8. The second-order valence-electron chi connectivity index (χ2n) is 4.19. The number of urea groups is 1. The maximum absolute atomic E-state index is 11.8. The third-order valence-corrected chi connectivity index (χ3v) is 2.42. The normalized spacial score (nSPS) is 9.95. The number of carboxylic acids is 1. The van der Waals surface area contributed by atoms with Gasteiger partial charge in [0.1, 0.15) is 5.75 Å². The summed E-state index contributed by atoms with van der Waals surface area (Å²) in [5.41, 5.74) is 1.05. The number of amides is 2. The molecule has 8 nitrogen and oxygen atoms in total. The van der Waals surface area contributed by atoms with Crippen LogP contribution in [0.5, 0.6) is 5.75 Å². The number of carbonyl (C=O) groups is 2. The van der Waals surface area contributed by atoms with Crippen molar-refractivity contribution in [2.45, 2.75) is 0 Å². The van der Waals surface area contributed by atoms with Gasteiger partial charge in [-0.05, 0) is 12.1 Å². The summed E-state index contributed by atoms with van der Waals surface area (Å²) in [5, 5.41) is 17.7. The van der Waals surface area contributed by atoms with Crippen LogP contribution in [0, 0.1) is 0 Å². The fourth-order valence-electron chi connectivity index (χ4n) is 1.59. The minimum absolute atomic E-state index is 0.358. The molecule has 2 rings (SSSR count). The van der Waals surface area contributed by atoms with Gasteiger partial charge in [0.2, 0.25) is 0 Å². The second-order valence-corrected chi connectivity index (χ2v) is 4.19. The third-order valence-electron chi connectivity index (χ3n) is 2.42. The second kappa shape index (κ2) is 6.42. The number of rotatable bonds is 5. The summed E-state index contributed by atoms with van der Waals surface area (Å²) in [5.74, 6) is -0.709. The van der Waals surface area contributed by atoms with Crippen LogP contribution in [0.4, 0.5) is 16.2 Å². The van der Waals surface area contributed by atoms with E-state index in [1.54, 1.807) is 36.1 Å². The van der Waals surface area contributed by atoms with Gasteiger partial charge in [0.25, 0.3) is 0 Å². The number of aryl methyl sites for hydroxylation is 1. The number of nitrogens with one attached hydrogen (secondary N) is 2. The molecule has 8 heteroatoms. The lowest BCUT2D eigenvalue weighted by atomic mass is 10.3. The molecule has 0 radical (unpaired) electrons. The molecule has 3 N–H and O–H groups in total. The number of ether oxygens (including phenoxy) is 1. The molecule has 2 amide bonds. The van der Waals surface area contributed by atoms with Crippen LogP contribution in [0.25, 0.3) is 0 Å². The monoisotopic (exact) mass is 290 g/mol. The number of hydrogen-bond acceptors (Lipinski definition) is 4. The number of aromatic nitrogens is 2. The van der Waals surface area contributed by atoms with Gasteiger partial charge in [0.15, 0.2) is 6.61 Å². The largest absolute Gasteiger partial charge is 0.482 e. The summed E-state index contributed by atoms with van der Waals surface area (Å²) in [7, 11) is 1.74. The van der Waals surface area contributed by atoms with E-state index in [0.29, 0.717) is 17.1 Å². The molecule has 0 saturated heterocycles. The molecule has 0 aliphatic carbocycles. The fourth-order valence-corrected chi connectivity index (χ4v) is 1.59. The van der Waals surface area contributed by atoms with Crippen LogP contribution in [0.1, 0.15) is 0 Å². The Labute approximate surface area is 120 Å². The molecule has 1 aromatic carbocycles. The van der Waals surface area contributed by atoms with E-state index < -0.39 is 18.6 Å². The van der Waals surface area contributed by atoms with Gasteiger partial charge in [-0.3, -0.25) is 4.68 Å². The highest BCUT2D eigenvalue weighted by Gasteiger charge is 2.05. The first-order chi connectivity index (χ1) is 10.0. The molecule has 110 valence electrons. The smallest absolute Gasteiger partial charge is 0.341 e. The summed E-state index contributed by atoms with van der Waals surface area (Å²) in [4.78, 5) is 22.2. The van der Waals surface area contributed by atoms with Crippen LogP contribution in [0.2, 0.25) is 0 Å². The van der Waals surface area contributed by atoms with Gasteiger partial charge in [-0.1, -0.05) is 6.07 Å². The zero-order chi connectivity index (χ0) is 15.2. The number of aliphatic carboxylic acids is 1. The SMILES string of the molecule is Cn1cc(NC(=O)Nc2cccc(OCC(=O)O)c2)cn1. The number of anilines is 2. The first kappa shape index (κ1) is 14.4. The topological polar surface area (TPSA) is 105 Å². The van der Waals surface area contributed by atoms with E-state index in [-0.39, 0.29) is 0 Å². The molecule has 0 aliphatic rings. The molecular weight excluding hydrogens is 276 g/mol. The van der Waals surface area contributed by atoms with Crippen LogP contribution < -0.4 is 15.4 Å². The molecule has 0 aliphatic heterocycles. The zero-order valence-corrected chi connectivity index (χ0v) is 11.2. The number of carboxylic acid groups (broad SMARTS) is 1. The Hall–Kier alpha value is -3.03. The van der Waals surface area contributed by atoms with E-state index in [4.69, 9.17) is 9.84 Å². The van der Waals surface area contributed by atoms with E-state index in [9.17, 15) is 9.59 Å². The fraction of sp³-hybridized carbons (Fsp3) is 0.154. The van der Waals surface area contributed by atoms with Crippen molar-refractivity contribution in [2.24, 2.45) is 7.05 Å². The quantitative estimate of drug-likeness (QED) is 0.774. The van der Waals surface area contributed by atoms with Crippen molar-refractivity contribution in [2.75, 3.05) is 17.2 Å². The Morgan fingerprint density at radius 3 is 2.76 bits per heavy atom. The van der Waals surface area contributed by atoms with Gasteiger partial charge in [0.05, 0.1) is 11.9 Å². The van der Waals surface area contributed by atoms with Crippen molar-refractivity contribution in [1.82, 2.24) is 9.78 Å². The van der Waals surface area contributed by atoms with E-state index >= 15 is 0 Å². The molecule has 0 spiro atoms. The Morgan fingerprint density at radius 1 is 1.33 bits per heavy atom. The number of nitrogens with zero attached hydrogens (tertiary/aromatic N) is 2. The Morgan fingerprint density at radius 2 is 2.10 bits per heavy atom. The number of carbonyl (C=O) groups excluding carboxylic acids is 1. The minimum atomic E-state index is -1.07. The molecule has 2 aromatic rings. The van der Waals surface area contributed by atoms with Crippen LogP contribution in [-0.2, 0) is 11.8 Å². The van der Waals surface area contributed by atoms with Crippen LogP contribution in [-0.4, -0.2) is 33.5 Å². The summed E-state index contributed by atoms with van der Waals surface area (Å²) >= 11 is 0. The Balaban J connectivity index is 1.94. The number of hydrogen-bond donors (Lipinski definition) is 3. The molecule has 0 saturated carbocycles. The third kappa shape index (κ3) is 4.53. The lowest BCUT2D eigenvalue weighted by Crippen LogP contribution is -2.19. The lowest BCUT2D eigenvalue weighted by molar-refractivity contribution is -0.139. The summed E-state index contributed by atoms with van der Waals surface area (Å²) in [6.45, 7) is -0.439. The molecule has 0 atom stereocenters. The predicted molar refractivity (Wildman–Crippen MR) is 75.4 cm³/mol. The molecule has 0 bridgehead atoms.